The van der Waals surface area contributed by atoms with E-state index in [0.717, 1.165) is 42.0 Å². The number of rotatable bonds is 4. The summed E-state index contributed by atoms with van der Waals surface area (Å²) in [6.45, 7) is 2.03. The fourth-order valence-corrected chi connectivity index (χ4v) is 3.57. The van der Waals surface area contributed by atoms with Crippen LogP contribution in [0.2, 0.25) is 0 Å². The second-order valence-corrected chi connectivity index (χ2v) is 6.65. The van der Waals surface area contributed by atoms with Crippen LogP contribution < -0.4 is 10.1 Å². The molecule has 2 fully saturated rings. The Morgan fingerprint density at radius 3 is 2.62 bits per heavy atom. The number of anilines is 1. The Labute approximate surface area is 141 Å². The molecular formula is C20H21NO3. The second-order valence-electron chi connectivity index (χ2n) is 6.65. The number of hydrogen-bond donors (Lipinski definition) is 1. The van der Waals surface area contributed by atoms with E-state index in [0.29, 0.717) is 0 Å². The van der Waals surface area contributed by atoms with Gasteiger partial charge in [-0.15, -0.1) is 0 Å². The van der Waals surface area contributed by atoms with Gasteiger partial charge < -0.3 is 14.8 Å². The van der Waals surface area contributed by atoms with Gasteiger partial charge in [0.25, 0.3) is 0 Å². The molecule has 0 saturated carbocycles. The highest BCUT2D eigenvalue weighted by atomic mass is 16.5. The molecule has 1 N–H and O–H groups in total. The van der Waals surface area contributed by atoms with Crippen molar-refractivity contribution in [3.05, 3.63) is 54.1 Å². The van der Waals surface area contributed by atoms with Crippen LogP contribution in [0.25, 0.3) is 0 Å². The van der Waals surface area contributed by atoms with Crippen molar-refractivity contribution in [2.45, 2.75) is 38.4 Å². The van der Waals surface area contributed by atoms with E-state index in [1.807, 2.05) is 55.5 Å². The highest BCUT2D eigenvalue weighted by Crippen LogP contribution is 2.39. The van der Waals surface area contributed by atoms with E-state index >= 15 is 0 Å². The topological polar surface area (TPSA) is 47.6 Å². The summed E-state index contributed by atoms with van der Waals surface area (Å²) in [6.07, 6.45) is 3.35. The van der Waals surface area contributed by atoms with Crippen molar-refractivity contribution in [3.63, 3.8) is 0 Å². The first-order chi connectivity index (χ1) is 11.7. The molecule has 0 aromatic heterocycles. The number of ether oxygens (including phenoxy) is 2. The molecule has 2 aliphatic rings. The number of benzene rings is 2. The van der Waals surface area contributed by atoms with Crippen LogP contribution in [0.1, 0.15) is 24.8 Å². The van der Waals surface area contributed by atoms with Gasteiger partial charge in [0.05, 0.1) is 18.1 Å². The summed E-state index contributed by atoms with van der Waals surface area (Å²) in [5.74, 6) is 1.62. The maximum atomic E-state index is 12.4. The van der Waals surface area contributed by atoms with Crippen LogP contribution in [0.5, 0.6) is 11.5 Å². The number of fused-ring (bicyclic) bond motifs is 2. The third-order valence-electron chi connectivity index (χ3n) is 4.79. The standard InChI is InChI=1S/C20H21NO3/c1-13-3-2-4-16(11-13)23-15-7-5-14(6-8-15)21-20(22)18-12-17-9-10-19(18)24-17/h2-8,11,17-19H,9-10,12H2,1H3,(H,21,22). The smallest absolute Gasteiger partial charge is 0.230 e. The SMILES string of the molecule is Cc1cccc(Oc2ccc(NC(=O)C3CC4CCC3O4)cc2)c1. The van der Waals surface area contributed by atoms with Gasteiger partial charge in [-0.05, 0) is 68.1 Å². The third-order valence-corrected chi connectivity index (χ3v) is 4.79. The average molecular weight is 323 g/mol. The molecule has 0 spiro atoms. The zero-order valence-corrected chi connectivity index (χ0v) is 13.7. The van der Waals surface area contributed by atoms with Gasteiger partial charge in [0, 0.05) is 5.69 Å². The van der Waals surface area contributed by atoms with E-state index in [9.17, 15) is 4.79 Å². The van der Waals surface area contributed by atoms with Gasteiger partial charge in [0.15, 0.2) is 0 Å². The van der Waals surface area contributed by atoms with Gasteiger partial charge in [-0.1, -0.05) is 12.1 Å². The molecule has 0 aliphatic carbocycles. The Morgan fingerprint density at radius 1 is 1.12 bits per heavy atom. The van der Waals surface area contributed by atoms with E-state index in [-0.39, 0.29) is 24.0 Å². The molecule has 4 heteroatoms. The molecule has 2 aliphatic heterocycles. The molecule has 2 saturated heterocycles. The molecule has 4 nitrogen and oxygen atoms in total. The number of amides is 1. The van der Waals surface area contributed by atoms with Crippen molar-refractivity contribution in [3.8, 4) is 11.5 Å². The largest absolute Gasteiger partial charge is 0.457 e. The maximum absolute atomic E-state index is 12.4. The van der Waals surface area contributed by atoms with Crippen molar-refractivity contribution in [1.29, 1.82) is 0 Å². The first-order valence-electron chi connectivity index (χ1n) is 8.48. The van der Waals surface area contributed by atoms with Gasteiger partial charge in [-0.25, -0.2) is 0 Å². The maximum Gasteiger partial charge on any atom is 0.230 e. The quantitative estimate of drug-likeness (QED) is 0.913. The highest BCUT2D eigenvalue weighted by molar-refractivity contribution is 5.93. The highest BCUT2D eigenvalue weighted by Gasteiger charge is 2.44. The van der Waals surface area contributed by atoms with Crippen LogP contribution in [0.15, 0.2) is 48.5 Å². The van der Waals surface area contributed by atoms with Crippen LogP contribution in [0, 0.1) is 12.8 Å². The number of carbonyl (C=O) groups is 1. The Hall–Kier alpha value is -2.33. The van der Waals surface area contributed by atoms with E-state index in [1.165, 1.54) is 0 Å². The fourth-order valence-electron chi connectivity index (χ4n) is 3.57. The molecule has 3 atom stereocenters. The van der Waals surface area contributed by atoms with Crippen molar-refractivity contribution < 1.29 is 14.3 Å². The van der Waals surface area contributed by atoms with Crippen LogP contribution in [0.3, 0.4) is 0 Å². The number of nitrogens with one attached hydrogen (secondary N) is 1. The molecule has 4 rings (SSSR count). The van der Waals surface area contributed by atoms with Gasteiger partial charge in [0.1, 0.15) is 11.5 Å². The number of aryl methyl sites for hydroxylation is 1. The summed E-state index contributed by atoms with van der Waals surface area (Å²) >= 11 is 0. The molecule has 2 bridgehead atoms. The normalized spacial score (nSPS) is 24.8. The lowest BCUT2D eigenvalue weighted by Crippen LogP contribution is -2.30. The minimum atomic E-state index is -0.00743. The second kappa shape index (κ2) is 6.29. The van der Waals surface area contributed by atoms with Gasteiger partial charge in [-0.3, -0.25) is 4.79 Å². The summed E-state index contributed by atoms with van der Waals surface area (Å²) < 4.78 is 11.6. The van der Waals surface area contributed by atoms with Gasteiger partial charge >= 0.3 is 0 Å². The van der Waals surface area contributed by atoms with Crippen LogP contribution in [-0.2, 0) is 9.53 Å². The van der Waals surface area contributed by atoms with E-state index < -0.39 is 0 Å². The van der Waals surface area contributed by atoms with Crippen molar-refractivity contribution in [2.75, 3.05) is 5.32 Å². The minimum Gasteiger partial charge on any atom is -0.457 e. The third kappa shape index (κ3) is 3.15. The van der Waals surface area contributed by atoms with Gasteiger partial charge in [0.2, 0.25) is 5.91 Å². The predicted octanol–water partition coefficient (Wildman–Crippen LogP) is 4.29. The molecule has 0 radical (unpaired) electrons. The number of carbonyl (C=O) groups excluding carboxylic acids is 1. The van der Waals surface area contributed by atoms with Crippen LogP contribution >= 0.6 is 0 Å². The lowest BCUT2D eigenvalue weighted by Gasteiger charge is -2.18. The van der Waals surface area contributed by atoms with Crippen molar-refractivity contribution >= 4 is 11.6 Å². The fraction of sp³-hybridized carbons (Fsp3) is 0.350. The first-order valence-corrected chi connectivity index (χ1v) is 8.48. The molecule has 2 aromatic carbocycles. The summed E-state index contributed by atoms with van der Waals surface area (Å²) in [4.78, 5) is 12.4. The van der Waals surface area contributed by atoms with E-state index in [4.69, 9.17) is 9.47 Å². The molecule has 2 heterocycles. The minimum absolute atomic E-state index is 0.00743. The summed E-state index contributed by atoms with van der Waals surface area (Å²) in [5.41, 5.74) is 1.95. The molecule has 3 unspecified atom stereocenters. The van der Waals surface area contributed by atoms with E-state index in [1.54, 1.807) is 0 Å². The summed E-state index contributed by atoms with van der Waals surface area (Å²) in [7, 11) is 0. The summed E-state index contributed by atoms with van der Waals surface area (Å²) in [5, 5.41) is 2.99. The molecular weight excluding hydrogens is 302 g/mol. The molecule has 124 valence electrons. The molecule has 2 aromatic rings. The average Bonchev–Trinajstić information content (AvgIpc) is 3.20. The Morgan fingerprint density at radius 2 is 1.96 bits per heavy atom. The molecule has 24 heavy (non-hydrogen) atoms. The van der Waals surface area contributed by atoms with E-state index in [2.05, 4.69) is 5.32 Å². The van der Waals surface area contributed by atoms with Crippen LogP contribution in [-0.4, -0.2) is 18.1 Å². The van der Waals surface area contributed by atoms with Crippen LogP contribution in [0.4, 0.5) is 5.69 Å². The van der Waals surface area contributed by atoms with Gasteiger partial charge in [-0.2, -0.15) is 0 Å². The number of hydrogen-bond acceptors (Lipinski definition) is 3. The zero-order valence-electron chi connectivity index (χ0n) is 13.7. The molecule has 1 amide bonds. The Bertz CT molecular complexity index is 741. The monoisotopic (exact) mass is 323 g/mol. The zero-order chi connectivity index (χ0) is 16.5. The predicted molar refractivity (Wildman–Crippen MR) is 92.3 cm³/mol. The Kier molecular flexibility index (Phi) is 3.98. The van der Waals surface area contributed by atoms with Crippen molar-refractivity contribution in [2.24, 2.45) is 5.92 Å². The lowest BCUT2D eigenvalue weighted by molar-refractivity contribution is -0.121. The van der Waals surface area contributed by atoms with Crippen molar-refractivity contribution in [1.82, 2.24) is 0 Å². The lowest BCUT2D eigenvalue weighted by atomic mass is 9.88. The summed E-state index contributed by atoms with van der Waals surface area (Å²) in [6, 6.07) is 15.4. The Balaban J connectivity index is 1.38. The first kappa shape index (κ1) is 15.2.